The summed E-state index contributed by atoms with van der Waals surface area (Å²) in [6, 6.07) is 12.1. The van der Waals surface area contributed by atoms with Crippen molar-refractivity contribution in [2.45, 2.75) is 44.2 Å². The van der Waals surface area contributed by atoms with Crippen molar-refractivity contribution < 1.29 is 22.8 Å². The standard InChI is InChI=1S/C26H29F3N4O2/c27-26(28,29)20-8-4-6-18(16-20)17-5-3-7-19(15-17)24(35)32-11-13-33(14-12-32)25-30-22-10-2-1-9-21(22)23(34)31-25/h3-8,15-16,21-22,25,30H,1-2,9-14H2,(H,31,34). The molecule has 9 heteroatoms. The van der Waals surface area contributed by atoms with E-state index < -0.39 is 11.7 Å². The molecule has 2 aromatic carbocycles. The SMILES string of the molecule is O=C1NC(N2CCN(C(=O)c3cccc(-c4cccc(C(F)(F)F)c4)c3)CC2)NC2CCCCC12. The van der Waals surface area contributed by atoms with Gasteiger partial charge in [-0.25, -0.2) is 0 Å². The van der Waals surface area contributed by atoms with Crippen molar-refractivity contribution in [2.24, 2.45) is 5.92 Å². The lowest BCUT2D eigenvalue weighted by Gasteiger charge is -2.46. The molecule has 1 saturated carbocycles. The molecule has 6 nitrogen and oxygen atoms in total. The largest absolute Gasteiger partial charge is 0.416 e. The second-order valence-corrected chi connectivity index (χ2v) is 9.56. The minimum Gasteiger partial charge on any atom is -0.336 e. The summed E-state index contributed by atoms with van der Waals surface area (Å²) >= 11 is 0. The van der Waals surface area contributed by atoms with E-state index in [0.717, 1.165) is 37.8 Å². The van der Waals surface area contributed by atoms with E-state index in [1.54, 1.807) is 35.2 Å². The normalized spacial score (nSPS) is 25.6. The Kier molecular flexibility index (Phi) is 6.55. The highest BCUT2D eigenvalue weighted by molar-refractivity contribution is 5.95. The van der Waals surface area contributed by atoms with Crippen LogP contribution in [-0.2, 0) is 11.0 Å². The Bertz CT molecular complexity index is 1100. The maximum absolute atomic E-state index is 13.2. The summed E-state index contributed by atoms with van der Waals surface area (Å²) < 4.78 is 39.3. The van der Waals surface area contributed by atoms with E-state index in [1.165, 1.54) is 6.07 Å². The number of halogens is 3. The quantitative estimate of drug-likeness (QED) is 0.695. The molecule has 0 bridgehead atoms. The van der Waals surface area contributed by atoms with E-state index in [2.05, 4.69) is 15.5 Å². The summed E-state index contributed by atoms with van der Waals surface area (Å²) in [5.41, 5.74) is 0.712. The fourth-order valence-electron chi connectivity index (χ4n) is 5.40. The van der Waals surface area contributed by atoms with Crippen molar-refractivity contribution in [3.63, 3.8) is 0 Å². The van der Waals surface area contributed by atoms with Gasteiger partial charge in [-0.15, -0.1) is 0 Å². The molecule has 2 amide bonds. The summed E-state index contributed by atoms with van der Waals surface area (Å²) in [5.74, 6) is 0.0155. The van der Waals surface area contributed by atoms with Crippen LogP contribution in [0.4, 0.5) is 13.2 Å². The van der Waals surface area contributed by atoms with Crippen LogP contribution in [0.3, 0.4) is 0 Å². The van der Waals surface area contributed by atoms with Gasteiger partial charge in [-0.2, -0.15) is 13.2 Å². The summed E-state index contributed by atoms with van der Waals surface area (Å²) in [6.07, 6.45) is -0.475. The Morgan fingerprint density at radius 1 is 0.914 bits per heavy atom. The van der Waals surface area contributed by atoms with Gasteiger partial charge < -0.3 is 10.2 Å². The number of carbonyl (C=O) groups excluding carboxylic acids is 2. The van der Waals surface area contributed by atoms with Gasteiger partial charge in [-0.1, -0.05) is 37.1 Å². The molecule has 1 aliphatic carbocycles. The number of amides is 2. The molecular formula is C26H29F3N4O2. The Morgan fingerprint density at radius 3 is 2.34 bits per heavy atom. The second kappa shape index (κ2) is 9.62. The van der Waals surface area contributed by atoms with Gasteiger partial charge in [0.05, 0.1) is 11.5 Å². The summed E-state index contributed by atoms with van der Waals surface area (Å²) in [5, 5.41) is 6.68. The summed E-state index contributed by atoms with van der Waals surface area (Å²) in [6.45, 7) is 2.26. The summed E-state index contributed by atoms with van der Waals surface area (Å²) in [4.78, 5) is 29.7. The minimum absolute atomic E-state index is 0.0481. The van der Waals surface area contributed by atoms with Crippen LogP contribution in [0.25, 0.3) is 11.1 Å². The van der Waals surface area contributed by atoms with Gasteiger partial charge in [0.1, 0.15) is 6.29 Å². The van der Waals surface area contributed by atoms with Crippen LogP contribution >= 0.6 is 0 Å². The van der Waals surface area contributed by atoms with E-state index >= 15 is 0 Å². The number of nitrogens with zero attached hydrogens (tertiary/aromatic N) is 2. The van der Waals surface area contributed by atoms with E-state index in [0.29, 0.717) is 42.9 Å². The van der Waals surface area contributed by atoms with Crippen molar-refractivity contribution in [2.75, 3.05) is 26.2 Å². The maximum atomic E-state index is 13.2. The van der Waals surface area contributed by atoms with Gasteiger partial charge in [0.2, 0.25) is 5.91 Å². The Balaban J connectivity index is 1.23. The zero-order valence-corrected chi connectivity index (χ0v) is 19.4. The van der Waals surface area contributed by atoms with E-state index in [-0.39, 0.29) is 30.1 Å². The lowest BCUT2D eigenvalue weighted by Crippen LogP contribution is -2.69. The maximum Gasteiger partial charge on any atom is 0.416 e. The molecule has 2 aliphatic heterocycles. The molecule has 3 atom stereocenters. The van der Waals surface area contributed by atoms with Crippen LogP contribution in [0.1, 0.15) is 41.6 Å². The molecule has 35 heavy (non-hydrogen) atoms. The van der Waals surface area contributed by atoms with Crippen LogP contribution in [0.2, 0.25) is 0 Å². The van der Waals surface area contributed by atoms with Gasteiger partial charge in [0.25, 0.3) is 5.91 Å². The van der Waals surface area contributed by atoms with Crippen molar-refractivity contribution in [1.29, 1.82) is 0 Å². The molecule has 2 N–H and O–H groups in total. The molecule has 0 aromatic heterocycles. The number of fused-ring (bicyclic) bond motifs is 1. The first-order valence-corrected chi connectivity index (χ1v) is 12.2. The first kappa shape index (κ1) is 23.8. The number of piperazine rings is 1. The third-order valence-corrected chi connectivity index (χ3v) is 7.35. The monoisotopic (exact) mass is 486 g/mol. The number of benzene rings is 2. The molecule has 2 heterocycles. The van der Waals surface area contributed by atoms with E-state index in [9.17, 15) is 22.8 Å². The molecule has 3 aliphatic rings. The predicted octanol–water partition coefficient (Wildman–Crippen LogP) is 3.69. The zero-order chi connectivity index (χ0) is 24.6. The van der Waals surface area contributed by atoms with Gasteiger partial charge in [0.15, 0.2) is 0 Å². The third-order valence-electron chi connectivity index (χ3n) is 7.35. The van der Waals surface area contributed by atoms with E-state index in [4.69, 9.17) is 0 Å². The molecular weight excluding hydrogens is 457 g/mol. The van der Waals surface area contributed by atoms with Gasteiger partial charge >= 0.3 is 6.18 Å². The van der Waals surface area contributed by atoms with Gasteiger partial charge in [-0.3, -0.25) is 19.8 Å². The Hall–Kier alpha value is -2.91. The predicted molar refractivity (Wildman–Crippen MR) is 125 cm³/mol. The van der Waals surface area contributed by atoms with E-state index in [1.807, 2.05) is 0 Å². The third kappa shape index (κ3) is 5.06. The van der Waals surface area contributed by atoms with Gasteiger partial charge in [0, 0.05) is 37.8 Å². The van der Waals surface area contributed by atoms with Crippen molar-refractivity contribution in [1.82, 2.24) is 20.4 Å². The molecule has 0 spiro atoms. The number of rotatable bonds is 3. The molecule has 2 aromatic rings. The Morgan fingerprint density at radius 2 is 1.60 bits per heavy atom. The lowest BCUT2D eigenvalue weighted by atomic mass is 9.82. The summed E-state index contributed by atoms with van der Waals surface area (Å²) in [7, 11) is 0. The number of hydrogen-bond donors (Lipinski definition) is 2. The number of alkyl halides is 3. The van der Waals surface area contributed by atoms with Crippen LogP contribution < -0.4 is 10.6 Å². The average Bonchev–Trinajstić information content (AvgIpc) is 2.88. The lowest BCUT2D eigenvalue weighted by molar-refractivity contribution is -0.137. The number of nitrogens with one attached hydrogen (secondary N) is 2. The molecule has 2 saturated heterocycles. The molecule has 186 valence electrons. The van der Waals surface area contributed by atoms with Crippen LogP contribution in [0.5, 0.6) is 0 Å². The highest BCUT2D eigenvalue weighted by atomic mass is 19.4. The first-order valence-electron chi connectivity index (χ1n) is 12.2. The fraction of sp³-hybridized carbons (Fsp3) is 0.462. The van der Waals surface area contributed by atoms with Crippen molar-refractivity contribution in [3.8, 4) is 11.1 Å². The van der Waals surface area contributed by atoms with Crippen molar-refractivity contribution >= 4 is 11.8 Å². The highest BCUT2D eigenvalue weighted by Gasteiger charge is 2.40. The highest BCUT2D eigenvalue weighted by Crippen LogP contribution is 2.32. The first-order chi connectivity index (χ1) is 16.8. The average molecular weight is 487 g/mol. The van der Waals surface area contributed by atoms with Crippen LogP contribution in [0, 0.1) is 5.92 Å². The molecule has 3 fully saturated rings. The van der Waals surface area contributed by atoms with Gasteiger partial charge in [-0.05, 0) is 48.2 Å². The fourth-order valence-corrected chi connectivity index (χ4v) is 5.40. The smallest absolute Gasteiger partial charge is 0.336 e. The molecule has 0 radical (unpaired) electrons. The minimum atomic E-state index is -4.42. The number of hydrogen-bond acceptors (Lipinski definition) is 4. The Labute approximate surface area is 202 Å². The second-order valence-electron chi connectivity index (χ2n) is 9.56. The van der Waals surface area contributed by atoms with Crippen LogP contribution in [-0.4, -0.2) is 60.1 Å². The molecule has 5 rings (SSSR count). The van der Waals surface area contributed by atoms with Crippen molar-refractivity contribution in [3.05, 3.63) is 59.7 Å². The topological polar surface area (TPSA) is 64.7 Å². The van der Waals surface area contributed by atoms with Crippen LogP contribution in [0.15, 0.2) is 48.5 Å². The molecule has 3 unspecified atom stereocenters. The number of carbonyl (C=O) groups is 2. The zero-order valence-electron chi connectivity index (χ0n) is 19.4.